The first-order valence-electron chi connectivity index (χ1n) is 6.96. The van der Waals surface area contributed by atoms with Crippen LogP contribution in [-0.2, 0) is 24.7 Å². The third-order valence-electron chi connectivity index (χ3n) is 4.02. The van der Waals surface area contributed by atoms with Crippen molar-refractivity contribution in [2.45, 2.75) is 26.2 Å². The molecule has 0 amide bonds. The van der Waals surface area contributed by atoms with Gasteiger partial charge in [0.05, 0.1) is 0 Å². The second kappa shape index (κ2) is 5.15. The van der Waals surface area contributed by atoms with Gasteiger partial charge in [-0.25, -0.2) is 0 Å². The summed E-state index contributed by atoms with van der Waals surface area (Å²) in [5, 5.41) is 0.630. The van der Waals surface area contributed by atoms with Gasteiger partial charge in [-0.1, -0.05) is 11.6 Å². The van der Waals surface area contributed by atoms with Crippen LogP contribution in [0.4, 0.5) is 0 Å². The molecule has 1 aromatic carbocycles. The highest BCUT2D eigenvalue weighted by Crippen LogP contribution is 2.33. The van der Waals surface area contributed by atoms with E-state index in [-0.39, 0.29) is 11.3 Å². The summed E-state index contributed by atoms with van der Waals surface area (Å²) >= 11 is 6.21. The van der Waals surface area contributed by atoms with Crippen LogP contribution >= 0.6 is 11.6 Å². The second-order valence-corrected chi connectivity index (χ2v) is 6.07. The lowest BCUT2D eigenvalue weighted by atomic mass is 9.85. The van der Waals surface area contributed by atoms with E-state index in [1.165, 1.54) is 5.56 Å². The standard InChI is InChI=1S/C17H16ClNO2/c1-10-5-12(9-19(2)17(10)21)16-8-13(18)6-11-7-14(20)3-4-15(11)16/h5-6,8-9H,3-4,7H2,1-2H3. The summed E-state index contributed by atoms with van der Waals surface area (Å²) in [6, 6.07) is 5.70. The molecule has 0 fully saturated rings. The quantitative estimate of drug-likeness (QED) is 0.812. The molecule has 0 unspecified atom stereocenters. The molecule has 3 nitrogen and oxygen atoms in total. The van der Waals surface area contributed by atoms with Gasteiger partial charge in [-0.2, -0.15) is 0 Å². The summed E-state index contributed by atoms with van der Waals surface area (Å²) < 4.78 is 1.59. The van der Waals surface area contributed by atoms with Gasteiger partial charge in [-0.15, -0.1) is 0 Å². The van der Waals surface area contributed by atoms with Crippen molar-refractivity contribution < 1.29 is 4.79 Å². The lowest BCUT2D eigenvalue weighted by Gasteiger charge is -2.20. The Hall–Kier alpha value is -1.87. The van der Waals surface area contributed by atoms with Gasteiger partial charge in [0.25, 0.3) is 5.56 Å². The Balaban J connectivity index is 2.24. The molecule has 1 heterocycles. The summed E-state index contributed by atoms with van der Waals surface area (Å²) in [4.78, 5) is 23.5. The van der Waals surface area contributed by atoms with Gasteiger partial charge < -0.3 is 4.57 Å². The first-order valence-corrected chi connectivity index (χ1v) is 7.34. The third kappa shape index (κ3) is 2.54. The van der Waals surface area contributed by atoms with Crippen molar-refractivity contribution in [3.8, 4) is 11.1 Å². The highest BCUT2D eigenvalue weighted by atomic mass is 35.5. The van der Waals surface area contributed by atoms with Crippen molar-refractivity contribution in [1.82, 2.24) is 4.57 Å². The summed E-state index contributed by atoms with van der Waals surface area (Å²) in [5.41, 5.74) is 4.91. The molecular formula is C17H16ClNO2. The monoisotopic (exact) mass is 301 g/mol. The van der Waals surface area contributed by atoms with Crippen molar-refractivity contribution in [3.05, 3.63) is 56.5 Å². The van der Waals surface area contributed by atoms with Crippen LogP contribution in [0.2, 0.25) is 5.02 Å². The Morgan fingerprint density at radius 3 is 2.62 bits per heavy atom. The van der Waals surface area contributed by atoms with Gasteiger partial charge in [0, 0.05) is 36.7 Å². The molecule has 0 saturated heterocycles. The highest BCUT2D eigenvalue weighted by molar-refractivity contribution is 6.31. The van der Waals surface area contributed by atoms with Gasteiger partial charge in [0.1, 0.15) is 5.78 Å². The second-order valence-electron chi connectivity index (χ2n) is 5.63. The minimum atomic E-state index is 0.00447. The largest absolute Gasteiger partial charge is 0.318 e. The molecular weight excluding hydrogens is 286 g/mol. The van der Waals surface area contributed by atoms with Gasteiger partial charge >= 0.3 is 0 Å². The van der Waals surface area contributed by atoms with Crippen molar-refractivity contribution in [3.63, 3.8) is 0 Å². The van der Waals surface area contributed by atoms with E-state index in [0.717, 1.165) is 23.1 Å². The zero-order valence-electron chi connectivity index (χ0n) is 12.1. The third-order valence-corrected chi connectivity index (χ3v) is 4.24. The Morgan fingerprint density at radius 1 is 1.14 bits per heavy atom. The van der Waals surface area contributed by atoms with Crippen LogP contribution in [0.25, 0.3) is 11.1 Å². The van der Waals surface area contributed by atoms with Crippen LogP contribution in [0.5, 0.6) is 0 Å². The predicted octanol–water partition coefficient (Wildman–Crippen LogP) is 3.07. The number of ketones is 1. The molecule has 0 saturated carbocycles. The number of aromatic nitrogens is 1. The number of nitrogens with zero attached hydrogens (tertiary/aromatic N) is 1. The lowest BCUT2D eigenvalue weighted by Crippen LogP contribution is -2.19. The minimum absolute atomic E-state index is 0.00447. The molecule has 21 heavy (non-hydrogen) atoms. The van der Waals surface area contributed by atoms with Crippen LogP contribution in [0, 0.1) is 6.92 Å². The van der Waals surface area contributed by atoms with E-state index < -0.39 is 0 Å². The zero-order chi connectivity index (χ0) is 15.1. The zero-order valence-corrected chi connectivity index (χ0v) is 12.8. The Bertz CT molecular complexity index is 779. The summed E-state index contributed by atoms with van der Waals surface area (Å²) in [7, 11) is 1.75. The molecule has 2 aromatic rings. The number of hydrogen-bond donors (Lipinski definition) is 0. The van der Waals surface area contributed by atoms with E-state index in [1.54, 1.807) is 11.6 Å². The molecule has 3 rings (SSSR count). The van der Waals surface area contributed by atoms with Crippen LogP contribution in [0.1, 0.15) is 23.1 Å². The van der Waals surface area contributed by atoms with Crippen LogP contribution in [-0.4, -0.2) is 10.4 Å². The van der Waals surface area contributed by atoms with Crippen molar-refractivity contribution in [2.24, 2.45) is 7.05 Å². The highest BCUT2D eigenvalue weighted by Gasteiger charge is 2.20. The fourth-order valence-electron chi connectivity index (χ4n) is 2.99. The molecule has 4 heteroatoms. The minimum Gasteiger partial charge on any atom is -0.318 e. The fraction of sp³-hybridized carbons (Fsp3) is 0.294. The van der Waals surface area contributed by atoms with Crippen LogP contribution in [0.3, 0.4) is 0 Å². The number of benzene rings is 1. The molecule has 0 aliphatic heterocycles. The van der Waals surface area contributed by atoms with E-state index in [1.807, 2.05) is 31.3 Å². The molecule has 0 atom stereocenters. The molecule has 108 valence electrons. The van der Waals surface area contributed by atoms with Gasteiger partial charge in [0.15, 0.2) is 0 Å². The fourth-order valence-corrected chi connectivity index (χ4v) is 3.23. The average molecular weight is 302 g/mol. The molecule has 0 N–H and O–H groups in total. The van der Waals surface area contributed by atoms with Crippen molar-refractivity contribution in [1.29, 1.82) is 0 Å². The Kier molecular flexibility index (Phi) is 3.46. The predicted molar refractivity (Wildman–Crippen MR) is 83.9 cm³/mol. The van der Waals surface area contributed by atoms with E-state index >= 15 is 0 Å². The number of Topliss-reactive ketones (excluding diaryl/α,β-unsaturated/α-hetero) is 1. The number of hydrogen-bond acceptors (Lipinski definition) is 2. The lowest BCUT2D eigenvalue weighted by molar-refractivity contribution is -0.118. The number of fused-ring (bicyclic) bond motifs is 1. The number of aryl methyl sites for hydroxylation is 2. The van der Waals surface area contributed by atoms with E-state index in [0.29, 0.717) is 23.4 Å². The van der Waals surface area contributed by atoms with Crippen molar-refractivity contribution in [2.75, 3.05) is 0 Å². The molecule has 0 radical (unpaired) electrons. The summed E-state index contributed by atoms with van der Waals surface area (Å²) in [6.45, 7) is 1.81. The topological polar surface area (TPSA) is 39.1 Å². The Morgan fingerprint density at radius 2 is 1.90 bits per heavy atom. The first-order chi connectivity index (χ1) is 9.95. The Labute approximate surface area is 128 Å². The number of rotatable bonds is 1. The van der Waals surface area contributed by atoms with Crippen LogP contribution in [0.15, 0.2) is 29.2 Å². The van der Waals surface area contributed by atoms with E-state index in [4.69, 9.17) is 11.6 Å². The maximum Gasteiger partial charge on any atom is 0.253 e. The SMILES string of the molecule is Cc1cc(-c2cc(Cl)cc3c2CCC(=O)C3)cn(C)c1=O. The average Bonchev–Trinajstić information content (AvgIpc) is 2.42. The number of pyridine rings is 1. The van der Waals surface area contributed by atoms with E-state index in [9.17, 15) is 9.59 Å². The van der Waals surface area contributed by atoms with Gasteiger partial charge in [-0.05, 0) is 53.8 Å². The molecule has 1 aromatic heterocycles. The summed E-state index contributed by atoms with van der Waals surface area (Å²) in [5.74, 6) is 0.257. The normalized spacial score (nSPS) is 14.1. The number of carbonyl (C=O) groups is 1. The van der Waals surface area contributed by atoms with E-state index in [2.05, 4.69) is 0 Å². The molecule has 0 bridgehead atoms. The van der Waals surface area contributed by atoms with Gasteiger partial charge in [-0.3, -0.25) is 9.59 Å². The van der Waals surface area contributed by atoms with Gasteiger partial charge in [0.2, 0.25) is 0 Å². The summed E-state index contributed by atoms with van der Waals surface area (Å²) in [6.07, 6.45) is 3.60. The maximum atomic E-state index is 11.8. The smallest absolute Gasteiger partial charge is 0.253 e. The van der Waals surface area contributed by atoms with Crippen molar-refractivity contribution >= 4 is 17.4 Å². The molecule has 0 spiro atoms. The number of halogens is 1. The van der Waals surface area contributed by atoms with Crippen LogP contribution < -0.4 is 5.56 Å². The molecule has 1 aliphatic rings. The number of carbonyl (C=O) groups excluding carboxylic acids is 1. The maximum absolute atomic E-state index is 11.8. The molecule has 1 aliphatic carbocycles. The first kappa shape index (κ1) is 14.1.